The maximum absolute atomic E-state index is 12.3. The first kappa shape index (κ1) is 20.4. The average Bonchev–Trinajstić information content (AvgIpc) is 3.12. The molecule has 0 radical (unpaired) electrons. The Morgan fingerprint density at radius 2 is 2.17 bits per heavy atom. The number of halogens is 1. The molecule has 2 aromatic heterocycles. The van der Waals surface area contributed by atoms with E-state index in [0.717, 1.165) is 11.5 Å². The van der Waals surface area contributed by atoms with Gasteiger partial charge in [-0.25, -0.2) is 14.6 Å². The Labute approximate surface area is 170 Å². The van der Waals surface area contributed by atoms with Crippen molar-refractivity contribution in [2.75, 3.05) is 32.1 Å². The Balaban J connectivity index is 1.66. The third-order valence-corrected chi connectivity index (χ3v) is 4.38. The van der Waals surface area contributed by atoms with Crippen LogP contribution in [0.25, 0.3) is 11.0 Å². The van der Waals surface area contributed by atoms with Gasteiger partial charge in [-0.3, -0.25) is 14.9 Å². The number of benzene rings is 1. The van der Waals surface area contributed by atoms with E-state index in [1.165, 1.54) is 18.5 Å². The van der Waals surface area contributed by atoms with Crippen LogP contribution in [0.5, 0.6) is 0 Å². The van der Waals surface area contributed by atoms with E-state index in [1.807, 2.05) is 0 Å². The second kappa shape index (κ2) is 9.26. The van der Waals surface area contributed by atoms with Crippen molar-refractivity contribution in [1.29, 1.82) is 0 Å². The monoisotopic (exact) mass is 419 g/mol. The molecule has 0 saturated carbocycles. The summed E-state index contributed by atoms with van der Waals surface area (Å²) in [5.41, 5.74) is 0.448. The van der Waals surface area contributed by atoms with Crippen LogP contribution in [0.2, 0.25) is 5.02 Å². The highest BCUT2D eigenvalue weighted by Gasteiger charge is 2.16. The number of non-ortho nitro benzene ring substituents is 1. The van der Waals surface area contributed by atoms with Crippen LogP contribution in [0, 0.1) is 10.1 Å². The molecule has 0 unspecified atom stereocenters. The smallest absolute Gasteiger partial charge is 0.270 e. The summed E-state index contributed by atoms with van der Waals surface area (Å²) < 4.78 is 6.64. The number of nitrogens with one attached hydrogen (secondary N) is 2. The molecule has 0 fully saturated rings. The molecule has 29 heavy (non-hydrogen) atoms. The molecule has 0 bridgehead atoms. The number of hydrogen-bond donors (Lipinski definition) is 2. The first-order valence-corrected chi connectivity index (χ1v) is 9.00. The predicted molar refractivity (Wildman–Crippen MR) is 106 cm³/mol. The minimum Gasteiger partial charge on any atom is -0.383 e. The molecule has 0 aliphatic heterocycles. The van der Waals surface area contributed by atoms with Crippen LogP contribution in [-0.4, -0.2) is 57.4 Å². The first-order valence-electron chi connectivity index (χ1n) is 8.62. The molecule has 0 atom stereocenters. The fourth-order valence-corrected chi connectivity index (χ4v) is 2.84. The molecular weight excluding hydrogens is 402 g/mol. The lowest BCUT2D eigenvalue weighted by atomic mass is 10.2. The highest BCUT2D eigenvalue weighted by Crippen LogP contribution is 2.22. The van der Waals surface area contributed by atoms with Gasteiger partial charge in [0.2, 0.25) is 0 Å². The number of ether oxygens (including phenoxy) is 1. The highest BCUT2D eigenvalue weighted by atomic mass is 35.5. The fraction of sp³-hybridized carbons (Fsp3) is 0.294. The zero-order valence-electron chi connectivity index (χ0n) is 15.5. The molecule has 0 spiro atoms. The van der Waals surface area contributed by atoms with Crippen molar-refractivity contribution in [1.82, 2.24) is 25.1 Å². The van der Waals surface area contributed by atoms with E-state index in [9.17, 15) is 14.9 Å². The molecule has 2 heterocycles. The topological polar surface area (TPSA) is 137 Å². The Hall–Kier alpha value is -3.31. The third-order valence-electron chi connectivity index (χ3n) is 4.05. The van der Waals surface area contributed by atoms with Crippen LogP contribution in [0.1, 0.15) is 10.4 Å². The summed E-state index contributed by atoms with van der Waals surface area (Å²) in [7, 11) is 1.62. The Kier molecular flexibility index (Phi) is 6.52. The molecule has 0 aliphatic rings. The summed E-state index contributed by atoms with van der Waals surface area (Å²) in [6.45, 7) is 1.70. The van der Waals surface area contributed by atoms with E-state index in [-0.39, 0.29) is 22.8 Å². The van der Waals surface area contributed by atoms with E-state index in [1.54, 1.807) is 18.0 Å². The highest BCUT2D eigenvalue weighted by molar-refractivity contribution is 6.33. The summed E-state index contributed by atoms with van der Waals surface area (Å²) >= 11 is 5.99. The van der Waals surface area contributed by atoms with Gasteiger partial charge in [0.05, 0.1) is 40.2 Å². The molecule has 11 nitrogen and oxygen atoms in total. The number of aromatic nitrogens is 4. The first-order chi connectivity index (χ1) is 14.0. The van der Waals surface area contributed by atoms with E-state index in [4.69, 9.17) is 16.3 Å². The molecule has 0 aliphatic carbocycles. The van der Waals surface area contributed by atoms with Gasteiger partial charge in [-0.15, -0.1) is 0 Å². The Morgan fingerprint density at radius 1 is 1.34 bits per heavy atom. The Morgan fingerprint density at radius 3 is 2.93 bits per heavy atom. The largest absolute Gasteiger partial charge is 0.383 e. The zero-order chi connectivity index (χ0) is 20.8. The van der Waals surface area contributed by atoms with Crippen LogP contribution in [0.15, 0.2) is 30.7 Å². The normalized spacial score (nSPS) is 10.8. The molecular formula is C17H18ClN7O4. The maximum atomic E-state index is 12.3. The number of fused-ring (bicyclic) bond motifs is 1. The van der Waals surface area contributed by atoms with Gasteiger partial charge in [-0.05, 0) is 6.07 Å². The third kappa shape index (κ3) is 4.76. The number of amides is 1. The lowest BCUT2D eigenvalue weighted by Crippen LogP contribution is -2.27. The van der Waals surface area contributed by atoms with Gasteiger partial charge in [-0.2, -0.15) is 5.10 Å². The quantitative estimate of drug-likeness (QED) is 0.304. The van der Waals surface area contributed by atoms with E-state index in [2.05, 4.69) is 25.7 Å². The summed E-state index contributed by atoms with van der Waals surface area (Å²) in [4.78, 5) is 31.1. The van der Waals surface area contributed by atoms with Crippen molar-refractivity contribution in [2.24, 2.45) is 0 Å². The molecule has 2 N–H and O–H groups in total. The van der Waals surface area contributed by atoms with Crippen molar-refractivity contribution < 1.29 is 14.5 Å². The molecule has 3 aromatic rings. The predicted octanol–water partition coefficient (Wildman–Crippen LogP) is 1.88. The van der Waals surface area contributed by atoms with Gasteiger partial charge in [-0.1, -0.05) is 11.6 Å². The van der Waals surface area contributed by atoms with E-state index >= 15 is 0 Å². The van der Waals surface area contributed by atoms with Crippen LogP contribution in [0.3, 0.4) is 0 Å². The standard InChI is InChI=1S/C17H18ClN7O4/c1-29-7-5-19-15-13-9-23-24(16(13)22-10-21-15)6-4-20-17(26)12-8-11(25(27)28)2-3-14(12)18/h2-3,8-10H,4-7H2,1H3,(H,20,26)(H,19,21,22). The van der Waals surface area contributed by atoms with Crippen LogP contribution < -0.4 is 10.6 Å². The van der Waals surface area contributed by atoms with Gasteiger partial charge in [0.25, 0.3) is 11.6 Å². The van der Waals surface area contributed by atoms with Crippen molar-refractivity contribution >= 4 is 40.0 Å². The number of anilines is 1. The van der Waals surface area contributed by atoms with Crippen molar-refractivity contribution in [3.8, 4) is 0 Å². The van der Waals surface area contributed by atoms with Gasteiger partial charge in [0.15, 0.2) is 5.65 Å². The molecule has 152 valence electrons. The van der Waals surface area contributed by atoms with Crippen molar-refractivity contribution in [2.45, 2.75) is 6.54 Å². The second-order valence-corrected chi connectivity index (χ2v) is 6.33. The molecule has 12 heteroatoms. The SMILES string of the molecule is COCCNc1ncnc2c1cnn2CCNC(=O)c1cc([N+](=O)[O-])ccc1Cl. The number of carbonyl (C=O) groups excluding carboxylic acids is 1. The lowest BCUT2D eigenvalue weighted by Gasteiger charge is -2.08. The average molecular weight is 420 g/mol. The summed E-state index contributed by atoms with van der Waals surface area (Å²) in [6.07, 6.45) is 3.07. The maximum Gasteiger partial charge on any atom is 0.270 e. The number of carbonyl (C=O) groups is 1. The number of nitro groups is 1. The van der Waals surface area contributed by atoms with Gasteiger partial charge in [0, 0.05) is 32.3 Å². The summed E-state index contributed by atoms with van der Waals surface area (Å²) in [6, 6.07) is 3.71. The molecule has 1 amide bonds. The number of nitrogens with zero attached hydrogens (tertiary/aromatic N) is 5. The van der Waals surface area contributed by atoms with Gasteiger partial charge < -0.3 is 15.4 Å². The van der Waals surface area contributed by atoms with Crippen molar-refractivity contribution in [3.05, 3.63) is 51.4 Å². The van der Waals surface area contributed by atoms with Gasteiger partial charge >= 0.3 is 0 Å². The molecule has 0 saturated heterocycles. The summed E-state index contributed by atoms with van der Waals surface area (Å²) in [5.74, 6) is 0.137. The Bertz CT molecular complexity index is 1040. The van der Waals surface area contributed by atoms with E-state index in [0.29, 0.717) is 31.2 Å². The number of rotatable bonds is 9. The zero-order valence-corrected chi connectivity index (χ0v) is 16.2. The van der Waals surface area contributed by atoms with E-state index < -0.39 is 10.8 Å². The van der Waals surface area contributed by atoms with Crippen LogP contribution in [0.4, 0.5) is 11.5 Å². The number of hydrogen-bond acceptors (Lipinski definition) is 8. The van der Waals surface area contributed by atoms with Crippen molar-refractivity contribution in [3.63, 3.8) is 0 Å². The minimum absolute atomic E-state index is 0.0399. The lowest BCUT2D eigenvalue weighted by molar-refractivity contribution is -0.384. The van der Waals surface area contributed by atoms with Crippen LogP contribution >= 0.6 is 11.6 Å². The second-order valence-electron chi connectivity index (χ2n) is 5.92. The number of methoxy groups -OCH3 is 1. The summed E-state index contributed by atoms with van der Waals surface area (Å²) in [5, 5.41) is 21.9. The van der Waals surface area contributed by atoms with Crippen LogP contribution in [-0.2, 0) is 11.3 Å². The molecule has 3 rings (SSSR count). The fourth-order valence-electron chi connectivity index (χ4n) is 2.64. The van der Waals surface area contributed by atoms with Gasteiger partial charge in [0.1, 0.15) is 12.1 Å². The minimum atomic E-state index is -0.582. The molecule has 1 aromatic carbocycles. The number of nitro benzene ring substituents is 1.